The number of aliphatic imine (C=N–C) groups is 1. The van der Waals surface area contributed by atoms with Gasteiger partial charge in [-0.15, -0.1) is 0 Å². The van der Waals surface area contributed by atoms with Gasteiger partial charge in [0, 0.05) is 14.0 Å². The Morgan fingerprint density at radius 3 is 2.65 bits per heavy atom. The highest BCUT2D eigenvalue weighted by Gasteiger charge is 2.72. The number of ether oxygens (including phenoxy) is 3. The normalized spacial score (nSPS) is 39.0. The molecule has 17 heavy (non-hydrogen) atoms. The van der Waals surface area contributed by atoms with Crippen LogP contribution >= 0.6 is 0 Å². The maximum atomic E-state index is 5.80. The average molecular weight is 233 g/mol. The van der Waals surface area contributed by atoms with Crippen molar-refractivity contribution in [2.24, 2.45) is 4.99 Å². The van der Waals surface area contributed by atoms with Crippen molar-refractivity contribution in [1.29, 1.82) is 0 Å². The molecule has 0 aromatic heterocycles. The van der Waals surface area contributed by atoms with Gasteiger partial charge in [-0.25, -0.2) is 4.99 Å². The van der Waals surface area contributed by atoms with E-state index in [1.54, 1.807) is 7.11 Å². The van der Waals surface area contributed by atoms with Crippen LogP contribution in [0.1, 0.15) is 25.5 Å². The summed E-state index contributed by atoms with van der Waals surface area (Å²) in [6.45, 7) is 3.81. The number of methoxy groups -OCH3 is 1. The second kappa shape index (κ2) is 3.31. The van der Waals surface area contributed by atoms with Gasteiger partial charge in [-0.1, -0.05) is 30.3 Å². The predicted octanol–water partition coefficient (Wildman–Crippen LogP) is 2.27. The van der Waals surface area contributed by atoms with Crippen molar-refractivity contribution in [2.75, 3.05) is 7.11 Å². The number of fused-ring (bicyclic) bond motifs is 1. The average Bonchev–Trinajstić information content (AvgIpc) is 2.52. The molecule has 4 nitrogen and oxygen atoms in total. The summed E-state index contributed by atoms with van der Waals surface area (Å²) in [4.78, 5) is 4.53. The summed E-state index contributed by atoms with van der Waals surface area (Å²) < 4.78 is 16.7. The lowest BCUT2D eigenvalue weighted by molar-refractivity contribution is -0.460. The molecule has 0 spiro atoms. The van der Waals surface area contributed by atoms with E-state index in [4.69, 9.17) is 14.2 Å². The highest BCUT2D eigenvalue weighted by Crippen LogP contribution is 2.58. The molecule has 2 aliphatic heterocycles. The molecule has 0 bridgehead atoms. The summed E-state index contributed by atoms with van der Waals surface area (Å²) >= 11 is 0. The van der Waals surface area contributed by atoms with E-state index in [1.165, 1.54) is 0 Å². The second-order valence-corrected chi connectivity index (χ2v) is 4.55. The summed E-state index contributed by atoms with van der Waals surface area (Å²) in [6.07, 6.45) is -0.124. The molecular formula is C13H15NO3. The number of rotatable bonds is 2. The van der Waals surface area contributed by atoms with Crippen LogP contribution in [-0.2, 0) is 14.2 Å². The third-order valence-corrected chi connectivity index (χ3v) is 3.45. The smallest absolute Gasteiger partial charge is 0.358 e. The van der Waals surface area contributed by atoms with Crippen molar-refractivity contribution in [1.82, 2.24) is 0 Å². The van der Waals surface area contributed by atoms with E-state index in [9.17, 15) is 0 Å². The van der Waals surface area contributed by atoms with Gasteiger partial charge < -0.3 is 14.2 Å². The lowest BCUT2D eigenvalue weighted by Gasteiger charge is -2.52. The Bertz CT molecular complexity index is 473. The first-order chi connectivity index (χ1) is 8.11. The molecule has 0 N–H and O–H groups in total. The topological polar surface area (TPSA) is 40.0 Å². The molecule has 0 saturated carbocycles. The van der Waals surface area contributed by atoms with E-state index in [0.29, 0.717) is 5.90 Å². The molecule has 1 aromatic carbocycles. The Kier molecular flexibility index (Phi) is 2.09. The molecule has 2 aliphatic rings. The zero-order valence-electron chi connectivity index (χ0n) is 10.1. The van der Waals surface area contributed by atoms with E-state index in [1.807, 2.05) is 44.2 Å². The third-order valence-electron chi connectivity index (χ3n) is 3.45. The van der Waals surface area contributed by atoms with Crippen molar-refractivity contribution in [2.45, 2.75) is 31.5 Å². The van der Waals surface area contributed by atoms with E-state index < -0.39 is 11.5 Å². The van der Waals surface area contributed by atoms with Gasteiger partial charge in [0.2, 0.25) is 0 Å². The van der Waals surface area contributed by atoms with Crippen LogP contribution in [-0.4, -0.2) is 24.5 Å². The number of hydrogen-bond acceptors (Lipinski definition) is 4. The van der Waals surface area contributed by atoms with Crippen LogP contribution in [0, 0.1) is 0 Å². The highest BCUT2D eigenvalue weighted by molar-refractivity contribution is 5.76. The molecule has 2 heterocycles. The molecule has 0 aliphatic carbocycles. The van der Waals surface area contributed by atoms with Crippen molar-refractivity contribution >= 4 is 5.90 Å². The van der Waals surface area contributed by atoms with Gasteiger partial charge in [0.05, 0.1) is 0 Å². The van der Waals surface area contributed by atoms with Crippen LogP contribution in [0.4, 0.5) is 0 Å². The molecule has 0 radical (unpaired) electrons. The first-order valence-electron chi connectivity index (χ1n) is 5.65. The summed E-state index contributed by atoms with van der Waals surface area (Å²) in [5, 5.41) is 0. The monoisotopic (exact) mass is 233 g/mol. The minimum Gasteiger partial charge on any atom is -0.424 e. The quantitative estimate of drug-likeness (QED) is 0.786. The predicted molar refractivity (Wildman–Crippen MR) is 62.6 cm³/mol. The Balaban J connectivity index is 1.98. The lowest BCUT2D eigenvalue weighted by atomic mass is 9.82. The van der Waals surface area contributed by atoms with Gasteiger partial charge in [0.25, 0.3) is 0 Å². The van der Waals surface area contributed by atoms with Crippen LogP contribution in [0.25, 0.3) is 0 Å². The summed E-state index contributed by atoms with van der Waals surface area (Å²) in [6, 6.07) is 10.0. The first kappa shape index (κ1) is 10.7. The summed E-state index contributed by atoms with van der Waals surface area (Å²) in [7, 11) is 1.58. The zero-order chi connectivity index (χ0) is 12.1. The zero-order valence-corrected chi connectivity index (χ0v) is 10.1. The first-order valence-corrected chi connectivity index (χ1v) is 5.65. The van der Waals surface area contributed by atoms with Crippen molar-refractivity contribution in [3.8, 4) is 0 Å². The van der Waals surface area contributed by atoms with Crippen LogP contribution in [0.3, 0.4) is 0 Å². The Morgan fingerprint density at radius 2 is 2.00 bits per heavy atom. The van der Waals surface area contributed by atoms with E-state index in [0.717, 1.165) is 5.56 Å². The van der Waals surface area contributed by atoms with Crippen LogP contribution < -0.4 is 0 Å². The van der Waals surface area contributed by atoms with Gasteiger partial charge in [-0.3, -0.25) is 0 Å². The fourth-order valence-corrected chi connectivity index (χ4v) is 2.61. The second-order valence-electron chi connectivity index (χ2n) is 4.55. The summed E-state index contributed by atoms with van der Waals surface area (Å²) in [5.74, 6) is -0.440. The maximum absolute atomic E-state index is 5.80. The molecule has 90 valence electrons. The van der Waals surface area contributed by atoms with E-state index in [2.05, 4.69) is 4.99 Å². The fraction of sp³-hybridized carbons (Fsp3) is 0.462. The van der Waals surface area contributed by atoms with Crippen molar-refractivity contribution < 1.29 is 14.2 Å². The van der Waals surface area contributed by atoms with Crippen LogP contribution in [0.2, 0.25) is 0 Å². The van der Waals surface area contributed by atoms with Gasteiger partial charge in [0.1, 0.15) is 6.10 Å². The molecule has 3 rings (SSSR count). The van der Waals surface area contributed by atoms with Crippen LogP contribution in [0.5, 0.6) is 0 Å². The maximum Gasteiger partial charge on any atom is 0.358 e. The Labute approximate surface area is 100 Å². The Hall–Kier alpha value is -1.39. The molecular weight excluding hydrogens is 218 g/mol. The molecule has 1 aromatic rings. The minimum atomic E-state index is -1.04. The number of benzene rings is 1. The minimum absolute atomic E-state index is 0.124. The number of hydrogen-bond donors (Lipinski definition) is 0. The van der Waals surface area contributed by atoms with E-state index in [-0.39, 0.29) is 6.10 Å². The molecule has 0 amide bonds. The number of nitrogens with zero attached hydrogens (tertiary/aromatic N) is 1. The standard InChI is InChI=1S/C13H15NO3/c1-9-14-12(2)11(10-7-5-4-6-8-10)17-13(12,15-3)16-9/h4-8,11H,1-3H3/t11-,12-,13-/m0/s1. The molecule has 3 atom stereocenters. The van der Waals surface area contributed by atoms with E-state index >= 15 is 0 Å². The largest absolute Gasteiger partial charge is 0.424 e. The fourth-order valence-electron chi connectivity index (χ4n) is 2.61. The van der Waals surface area contributed by atoms with Crippen LogP contribution in [0.15, 0.2) is 35.3 Å². The molecule has 0 unspecified atom stereocenters. The third kappa shape index (κ3) is 1.22. The SMILES string of the molecule is CO[C@]12OC(C)=N[C@@]1(C)[C@H](c1ccccc1)O2. The van der Waals surface area contributed by atoms with Crippen molar-refractivity contribution in [3.63, 3.8) is 0 Å². The molecule has 4 heteroatoms. The van der Waals surface area contributed by atoms with Crippen molar-refractivity contribution in [3.05, 3.63) is 35.9 Å². The van der Waals surface area contributed by atoms with Gasteiger partial charge in [-0.05, 0) is 12.5 Å². The van der Waals surface area contributed by atoms with Gasteiger partial charge in [0.15, 0.2) is 11.4 Å². The summed E-state index contributed by atoms with van der Waals surface area (Å²) in [5.41, 5.74) is 0.581. The Morgan fingerprint density at radius 1 is 1.29 bits per heavy atom. The van der Waals surface area contributed by atoms with Gasteiger partial charge in [-0.2, -0.15) is 0 Å². The van der Waals surface area contributed by atoms with Gasteiger partial charge >= 0.3 is 5.97 Å². The molecule has 1 saturated heterocycles. The highest BCUT2D eigenvalue weighted by atomic mass is 16.9. The lowest BCUT2D eigenvalue weighted by Crippen LogP contribution is -2.67. The molecule has 1 fully saturated rings.